The number of ether oxygens (including phenoxy) is 3. The van der Waals surface area contributed by atoms with Gasteiger partial charge >= 0.3 is 5.97 Å². The number of rotatable bonds is 22. The quantitative estimate of drug-likeness (QED) is 0.0929. The van der Waals surface area contributed by atoms with Gasteiger partial charge in [0.15, 0.2) is 11.5 Å². The van der Waals surface area contributed by atoms with Crippen LogP contribution in [0.15, 0.2) is 42.9 Å². The number of hydrogen-bond donors (Lipinski definition) is 0. The van der Waals surface area contributed by atoms with E-state index in [4.69, 9.17) is 14.2 Å². The van der Waals surface area contributed by atoms with Crippen LogP contribution in [0.2, 0.25) is 0 Å². The highest BCUT2D eigenvalue weighted by Gasteiger charge is 2.12. The van der Waals surface area contributed by atoms with Crippen molar-refractivity contribution in [1.82, 2.24) is 0 Å². The normalized spacial score (nSPS) is 11.4. The fourth-order valence-electron chi connectivity index (χ4n) is 3.86. The van der Waals surface area contributed by atoms with Gasteiger partial charge in [-0.3, -0.25) is 0 Å². The minimum atomic E-state index is -0.356. The summed E-state index contributed by atoms with van der Waals surface area (Å²) in [5.41, 5.74) is 0.460. The standard InChI is InChI=1S/C31H50O4/c1-4-7-9-11-13-15-17-19-21-25-34-29-24-23-28(31(32)33-6-3)27-30(29)35-26-22-20-18-16-14-12-10-8-5-2/h21-27H,4-20H2,1-3H3. The van der Waals surface area contributed by atoms with Gasteiger partial charge in [-0.25, -0.2) is 4.79 Å². The number of benzene rings is 1. The lowest BCUT2D eigenvalue weighted by Gasteiger charge is -2.10. The number of esters is 1. The van der Waals surface area contributed by atoms with Gasteiger partial charge in [-0.15, -0.1) is 0 Å². The van der Waals surface area contributed by atoms with Gasteiger partial charge in [0.05, 0.1) is 24.7 Å². The number of hydrogen-bond acceptors (Lipinski definition) is 4. The van der Waals surface area contributed by atoms with Gasteiger partial charge < -0.3 is 14.2 Å². The lowest BCUT2D eigenvalue weighted by molar-refractivity contribution is 0.0526. The molecule has 0 radical (unpaired) electrons. The maximum atomic E-state index is 12.1. The SMILES string of the molecule is CCCCCCCCCC=COc1ccc(C(=O)OCC)cc1OC=CCCCCCCCCC. The van der Waals surface area contributed by atoms with Crippen molar-refractivity contribution < 1.29 is 19.0 Å². The van der Waals surface area contributed by atoms with Gasteiger partial charge in [-0.2, -0.15) is 0 Å². The van der Waals surface area contributed by atoms with Crippen LogP contribution in [0.25, 0.3) is 0 Å². The second-order valence-corrected chi connectivity index (χ2v) is 9.18. The van der Waals surface area contributed by atoms with Gasteiger partial charge in [0.25, 0.3) is 0 Å². The lowest BCUT2D eigenvalue weighted by atomic mass is 10.1. The monoisotopic (exact) mass is 486 g/mol. The minimum absolute atomic E-state index is 0.340. The highest BCUT2D eigenvalue weighted by Crippen LogP contribution is 2.29. The topological polar surface area (TPSA) is 44.8 Å². The molecule has 0 amide bonds. The minimum Gasteiger partial charge on any atom is -0.462 e. The zero-order valence-electron chi connectivity index (χ0n) is 22.7. The van der Waals surface area contributed by atoms with E-state index in [0.29, 0.717) is 23.7 Å². The van der Waals surface area contributed by atoms with Crippen molar-refractivity contribution in [2.45, 2.75) is 124 Å². The zero-order chi connectivity index (χ0) is 25.4. The molecule has 1 rings (SSSR count). The Bertz CT molecular complexity index is 708. The molecule has 0 fully saturated rings. The first-order chi connectivity index (χ1) is 17.2. The summed E-state index contributed by atoms with van der Waals surface area (Å²) in [7, 11) is 0. The molecule has 0 bridgehead atoms. The fourth-order valence-corrected chi connectivity index (χ4v) is 3.86. The Morgan fingerprint density at radius 3 is 1.66 bits per heavy atom. The van der Waals surface area contributed by atoms with E-state index >= 15 is 0 Å². The Balaban J connectivity index is 2.49. The van der Waals surface area contributed by atoms with Gasteiger partial charge in [0, 0.05) is 0 Å². The van der Waals surface area contributed by atoms with E-state index in [-0.39, 0.29) is 5.97 Å². The summed E-state index contributed by atoms with van der Waals surface area (Å²) in [5.74, 6) is 0.756. The maximum Gasteiger partial charge on any atom is 0.338 e. The average Bonchev–Trinajstić information content (AvgIpc) is 2.87. The summed E-state index contributed by atoms with van der Waals surface area (Å²) < 4.78 is 16.8. The van der Waals surface area contributed by atoms with Gasteiger partial charge in [-0.05, 0) is 63.0 Å². The molecular weight excluding hydrogens is 436 g/mol. The summed E-state index contributed by atoms with van der Waals surface area (Å²) in [6.45, 7) is 6.64. The lowest BCUT2D eigenvalue weighted by Crippen LogP contribution is -2.05. The molecule has 4 nitrogen and oxygen atoms in total. The predicted molar refractivity (Wildman–Crippen MR) is 147 cm³/mol. The molecule has 1 aromatic carbocycles. The van der Waals surface area contributed by atoms with E-state index in [2.05, 4.69) is 19.9 Å². The first-order valence-corrected chi connectivity index (χ1v) is 14.2. The van der Waals surface area contributed by atoms with E-state index in [1.165, 1.54) is 89.9 Å². The molecule has 0 aromatic heterocycles. The average molecular weight is 487 g/mol. The molecule has 0 unspecified atom stereocenters. The van der Waals surface area contributed by atoms with E-state index < -0.39 is 0 Å². The van der Waals surface area contributed by atoms with Gasteiger partial charge in [0.1, 0.15) is 0 Å². The van der Waals surface area contributed by atoms with Crippen LogP contribution in [0.3, 0.4) is 0 Å². The second kappa shape index (κ2) is 22.2. The van der Waals surface area contributed by atoms with Crippen LogP contribution in [-0.4, -0.2) is 12.6 Å². The first kappa shape index (κ1) is 30.8. The van der Waals surface area contributed by atoms with Gasteiger partial charge in [-0.1, -0.05) is 90.9 Å². The number of unbranched alkanes of at least 4 members (excludes halogenated alkanes) is 14. The highest BCUT2D eigenvalue weighted by molar-refractivity contribution is 5.90. The zero-order valence-corrected chi connectivity index (χ0v) is 22.7. The molecule has 0 spiro atoms. The molecule has 0 aliphatic rings. The van der Waals surface area contributed by atoms with Crippen LogP contribution >= 0.6 is 0 Å². The summed E-state index contributed by atoms with van der Waals surface area (Å²) in [6.07, 6.45) is 27.7. The molecule has 0 saturated heterocycles. The third-order valence-electron chi connectivity index (χ3n) is 5.99. The molecule has 0 N–H and O–H groups in total. The Morgan fingerprint density at radius 2 is 1.14 bits per heavy atom. The molecule has 0 saturated carbocycles. The molecule has 0 atom stereocenters. The van der Waals surface area contributed by atoms with Crippen molar-refractivity contribution in [3.63, 3.8) is 0 Å². The number of allylic oxidation sites excluding steroid dienone is 2. The largest absolute Gasteiger partial charge is 0.462 e. The molecule has 198 valence electrons. The van der Waals surface area contributed by atoms with Crippen LogP contribution in [-0.2, 0) is 4.74 Å². The Hall–Kier alpha value is -2.23. The predicted octanol–water partition coefficient (Wildman–Crippen LogP) is 9.93. The van der Waals surface area contributed by atoms with Crippen molar-refractivity contribution in [3.8, 4) is 11.5 Å². The smallest absolute Gasteiger partial charge is 0.338 e. The van der Waals surface area contributed by atoms with Crippen LogP contribution in [0.1, 0.15) is 134 Å². The first-order valence-electron chi connectivity index (χ1n) is 14.2. The highest BCUT2D eigenvalue weighted by atomic mass is 16.5. The molecule has 0 heterocycles. The molecule has 1 aromatic rings. The molecule has 0 aliphatic carbocycles. The summed E-state index contributed by atoms with van der Waals surface area (Å²) in [5, 5.41) is 0. The molecular formula is C31H50O4. The van der Waals surface area contributed by atoms with E-state index in [1.54, 1.807) is 37.6 Å². The van der Waals surface area contributed by atoms with E-state index in [0.717, 1.165) is 12.8 Å². The fraction of sp³-hybridized carbons (Fsp3) is 0.645. The Labute approximate surface area is 215 Å². The van der Waals surface area contributed by atoms with Crippen molar-refractivity contribution in [2.75, 3.05) is 6.61 Å². The summed E-state index contributed by atoms with van der Waals surface area (Å²) >= 11 is 0. The van der Waals surface area contributed by atoms with Crippen LogP contribution in [0, 0.1) is 0 Å². The van der Waals surface area contributed by atoms with Crippen molar-refractivity contribution in [1.29, 1.82) is 0 Å². The van der Waals surface area contributed by atoms with Crippen molar-refractivity contribution in [2.24, 2.45) is 0 Å². The van der Waals surface area contributed by atoms with Crippen LogP contribution < -0.4 is 9.47 Å². The second-order valence-electron chi connectivity index (χ2n) is 9.18. The van der Waals surface area contributed by atoms with E-state index in [1.807, 2.05) is 6.08 Å². The molecule has 4 heteroatoms. The molecule has 35 heavy (non-hydrogen) atoms. The Morgan fingerprint density at radius 1 is 0.657 bits per heavy atom. The van der Waals surface area contributed by atoms with E-state index in [9.17, 15) is 4.79 Å². The third-order valence-corrected chi connectivity index (χ3v) is 5.99. The number of carbonyl (C=O) groups excluding carboxylic acids is 1. The maximum absolute atomic E-state index is 12.1. The summed E-state index contributed by atoms with van der Waals surface area (Å²) in [6, 6.07) is 5.17. The number of carbonyl (C=O) groups is 1. The third kappa shape index (κ3) is 16.1. The van der Waals surface area contributed by atoms with Crippen molar-refractivity contribution in [3.05, 3.63) is 48.4 Å². The van der Waals surface area contributed by atoms with Gasteiger partial charge in [0.2, 0.25) is 0 Å². The van der Waals surface area contributed by atoms with Crippen molar-refractivity contribution >= 4 is 5.97 Å². The molecule has 0 aliphatic heterocycles. The van der Waals surface area contributed by atoms with Crippen LogP contribution in [0.4, 0.5) is 0 Å². The Kier molecular flexibility index (Phi) is 19.6. The van der Waals surface area contributed by atoms with Crippen LogP contribution in [0.5, 0.6) is 11.5 Å². The summed E-state index contributed by atoms with van der Waals surface area (Å²) in [4.78, 5) is 12.1.